The van der Waals surface area contributed by atoms with Crippen LogP contribution in [-0.2, 0) is 0 Å². The molecule has 0 spiro atoms. The van der Waals surface area contributed by atoms with E-state index in [2.05, 4.69) is 15.5 Å². The maximum atomic E-state index is 11.8. The molecule has 0 aliphatic carbocycles. The number of hydrazone groups is 1. The van der Waals surface area contributed by atoms with Gasteiger partial charge in [-0.3, -0.25) is 4.79 Å². The van der Waals surface area contributed by atoms with Gasteiger partial charge in [0, 0.05) is 5.02 Å². The zero-order chi connectivity index (χ0) is 13.8. The van der Waals surface area contributed by atoms with Gasteiger partial charge in [0.1, 0.15) is 4.88 Å². The van der Waals surface area contributed by atoms with Crippen LogP contribution in [0.25, 0.3) is 0 Å². The Morgan fingerprint density at radius 1 is 1.47 bits per heavy atom. The van der Waals surface area contributed by atoms with Crippen LogP contribution in [0.1, 0.15) is 20.9 Å². The van der Waals surface area contributed by atoms with Gasteiger partial charge < -0.3 is 5.73 Å². The fourth-order valence-corrected chi connectivity index (χ4v) is 2.24. The first-order valence-electron chi connectivity index (χ1n) is 5.38. The third-order valence-corrected chi connectivity index (χ3v) is 3.51. The van der Waals surface area contributed by atoms with E-state index in [0.717, 1.165) is 16.9 Å². The van der Waals surface area contributed by atoms with E-state index < -0.39 is 0 Å². The fourth-order valence-electron chi connectivity index (χ4n) is 1.39. The lowest BCUT2D eigenvalue weighted by Crippen LogP contribution is -2.17. The molecule has 2 aromatic rings. The summed E-state index contributed by atoms with van der Waals surface area (Å²) in [4.78, 5) is 16.2. The van der Waals surface area contributed by atoms with Gasteiger partial charge >= 0.3 is 0 Å². The molecule has 2 rings (SSSR count). The predicted octanol–water partition coefficient (Wildman–Crippen LogP) is 2.45. The van der Waals surface area contributed by atoms with E-state index in [-0.39, 0.29) is 5.91 Å². The van der Waals surface area contributed by atoms with Crippen molar-refractivity contribution in [2.75, 3.05) is 5.73 Å². The topological polar surface area (TPSA) is 80.4 Å². The number of nitrogen functional groups attached to an aromatic ring is 1. The second-order valence-corrected chi connectivity index (χ2v) is 5.18. The number of nitrogens with zero attached hydrogens (tertiary/aromatic N) is 2. The van der Waals surface area contributed by atoms with Crippen molar-refractivity contribution >= 4 is 40.2 Å². The van der Waals surface area contributed by atoms with E-state index in [0.29, 0.717) is 20.7 Å². The minimum Gasteiger partial charge on any atom is -0.375 e. The number of carbonyl (C=O) groups excluding carboxylic acids is 1. The second-order valence-electron chi connectivity index (χ2n) is 3.72. The van der Waals surface area contributed by atoms with Crippen LogP contribution in [0.15, 0.2) is 29.4 Å². The first-order valence-corrected chi connectivity index (χ1v) is 6.57. The lowest BCUT2D eigenvalue weighted by atomic mass is 10.2. The van der Waals surface area contributed by atoms with Crippen LogP contribution < -0.4 is 11.2 Å². The van der Waals surface area contributed by atoms with E-state index in [1.165, 1.54) is 6.21 Å². The molecule has 0 saturated heterocycles. The van der Waals surface area contributed by atoms with Crippen molar-refractivity contribution in [3.8, 4) is 0 Å². The standard InChI is InChI=1S/C12H11ClN4OS/c1-7-10(19-12(14)16-7)11(18)17-15-6-8-2-4-9(13)5-3-8/h2-6H,1H3,(H2,14,16)(H,17,18)/b15-6-. The molecule has 0 radical (unpaired) electrons. The molecule has 7 heteroatoms. The highest BCUT2D eigenvalue weighted by Crippen LogP contribution is 2.19. The van der Waals surface area contributed by atoms with Crippen molar-refractivity contribution in [3.63, 3.8) is 0 Å². The summed E-state index contributed by atoms with van der Waals surface area (Å²) >= 11 is 6.90. The number of anilines is 1. The number of nitrogens with two attached hydrogens (primary N) is 1. The largest absolute Gasteiger partial charge is 0.375 e. The summed E-state index contributed by atoms with van der Waals surface area (Å²) in [6, 6.07) is 7.10. The Morgan fingerprint density at radius 2 is 2.16 bits per heavy atom. The summed E-state index contributed by atoms with van der Waals surface area (Å²) in [5, 5.41) is 4.88. The highest BCUT2D eigenvalue weighted by molar-refractivity contribution is 7.17. The molecule has 0 atom stereocenters. The number of benzene rings is 1. The van der Waals surface area contributed by atoms with Crippen molar-refractivity contribution in [3.05, 3.63) is 45.4 Å². The Kier molecular flexibility index (Phi) is 4.13. The Labute approximate surface area is 119 Å². The number of thiazole rings is 1. The van der Waals surface area contributed by atoms with Gasteiger partial charge in [0.2, 0.25) is 0 Å². The van der Waals surface area contributed by atoms with Crippen molar-refractivity contribution in [2.45, 2.75) is 6.92 Å². The number of nitrogens with one attached hydrogen (secondary N) is 1. The highest BCUT2D eigenvalue weighted by atomic mass is 35.5. The molecule has 0 bridgehead atoms. The first kappa shape index (κ1) is 13.5. The van der Waals surface area contributed by atoms with Gasteiger partial charge in [0.15, 0.2) is 5.13 Å². The number of amides is 1. The van der Waals surface area contributed by atoms with Gasteiger partial charge in [-0.15, -0.1) is 0 Å². The quantitative estimate of drug-likeness (QED) is 0.674. The number of aryl methyl sites for hydroxylation is 1. The summed E-state index contributed by atoms with van der Waals surface area (Å²) in [6.45, 7) is 1.73. The molecule has 1 heterocycles. The normalized spacial score (nSPS) is 10.8. The monoisotopic (exact) mass is 294 g/mol. The molecular formula is C12H11ClN4OS. The lowest BCUT2D eigenvalue weighted by molar-refractivity contribution is 0.0958. The van der Waals surface area contributed by atoms with Gasteiger partial charge in [0.05, 0.1) is 11.9 Å². The molecular weight excluding hydrogens is 284 g/mol. The number of aromatic nitrogens is 1. The van der Waals surface area contributed by atoms with Crippen LogP contribution in [0.5, 0.6) is 0 Å². The smallest absolute Gasteiger partial charge is 0.283 e. The lowest BCUT2D eigenvalue weighted by Gasteiger charge is -1.97. The third-order valence-electron chi connectivity index (χ3n) is 2.27. The summed E-state index contributed by atoms with van der Waals surface area (Å²) < 4.78 is 0. The van der Waals surface area contributed by atoms with Gasteiger partial charge in [-0.1, -0.05) is 35.1 Å². The minimum atomic E-state index is -0.322. The van der Waals surface area contributed by atoms with E-state index in [1.54, 1.807) is 31.2 Å². The van der Waals surface area contributed by atoms with Crippen LogP contribution in [0.4, 0.5) is 5.13 Å². The molecule has 3 N–H and O–H groups in total. The molecule has 0 unspecified atom stereocenters. The van der Waals surface area contributed by atoms with Crippen molar-refractivity contribution in [1.82, 2.24) is 10.4 Å². The molecule has 1 aromatic heterocycles. The zero-order valence-electron chi connectivity index (χ0n) is 10.1. The molecule has 98 valence electrons. The number of halogens is 1. The molecule has 0 saturated carbocycles. The van der Waals surface area contributed by atoms with Crippen molar-refractivity contribution < 1.29 is 4.79 Å². The molecule has 0 fully saturated rings. The molecule has 19 heavy (non-hydrogen) atoms. The Balaban J connectivity index is 2.00. The van der Waals surface area contributed by atoms with Crippen LogP contribution in [0, 0.1) is 6.92 Å². The summed E-state index contributed by atoms with van der Waals surface area (Å²) in [6.07, 6.45) is 1.54. The number of rotatable bonds is 3. The SMILES string of the molecule is Cc1nc(N)sc1C(=O)N/N=C\c1ccc(Cl)cc1. The van der Waals surface area contributed by atoms with E-state index in [1.807, 2.05) is 0 Å². The van der Waals surface area contributed by atoms with Crippen molar-refractivity contribution in [1.29, 1.82) is 0 Å². The number of hydrogen-bond donors (Lipinski definition) is 2. The first-order chi connectivity index (χ1) is 9.06. The van der Waals surface area contributed by atoms with Gasteiger partial charge in [-0.05, 0) is 24.6 Å². The highest BCUT2D eigenvalue weighted by Gasteiger charge is 2.12. The maximum Gasteiger partial charge on any atom is 0.283 e. The third kappa shape index (κ3) is 3.52. The Bertz CT molecular complexity index is 621. The minimum absolute atomic E-state index is 0.322. The second kappa shape index (κ2) is 5.81. The zero-order valence-corrected chi connectivity index (χ0v) is 11.6. The summed E-state index contributed by atoms with van der Waals surface area (Å²) in [5.74, 6) is -0.322. The van der Waals surface area contributed by atoms with E-state index in [9.17, 15) is 4.79 Å². The average Bonchev–Trinajstić information content (AvgIpc) is 2.71. The number of hydrogen-bond acceptors (Lipinski definition) is 5. The molecule has 1 aromatic carbocycles. The summed E-state index contributed by atoms with van der Waals surface area (Å²) in [5.41, 5.74) is 9.39. The van der Waals surface area contributed by atoms with Gasteiger partial charge in [-0.25, -0.2) is 10.4 Å². The molecule has 1 amide bonds. The van der Waals surface area contributed by atoms with Crippen molar-refractivity contribution in [2.24, 2.45) is 5.10 Å². The number of carbonyl (C=O) groups is 1. The summed E-state index contributed by atoms with van der Waals surface area (Å²) in [7, 11) is 0. The average molecular weight is 295 g/mol. The van der Waals surface area contributed by atoms with E-state index in [4.69, 9.17) is 17.3 Å². The molecule has 0 aliphatic heterocycles. The molecule has 5 nitrogen and oxygen atoms in total. The van der Waals surface area contributed by atoms with Crippen LogP contribution in [0.3, 0.4) is 0 Å². The van der Waals surface area contributed by atoms with Gasteiger partial charge in [0.25, 0.3) is 5.91 Å². The predicted molar refractivity (Wildman–Crippen MR) is 77.8 cm³/mol. The fraction of sp³-hybridized carbons (Fsp3) is 0.0833. The Morgan fingerprint density at radius 3 is 2.74 bits per heavy atom. The van der Waals surface area contributed by atoms with Crippen LogP contribution >= 0.6 is 22.9 Å². The van der Waals surface area contributed by atoms with Crippen LogP contribution in [-0.4, -0.2) is 17.1 Å². The van der Waals surface area contributed by atoms with Gasteiger partial charge in [-0.2, -0.15) is 5.10 Å². The van der Waals surface area contributed by atoms with E-state index >= 15 is 0 Å². The maximum absolute atomic E-state index is 11.8. The Hall–Kier alpha value is -1.92. The van der Waals surface area contributed by atoms with Crippen LogP contribution in [0.2, 0.25) is 5.02 Å². The molecule has 0 aliphatic rings.